The molecule has 2 amide bonds. The van der Waals surface area contributed by atoms with Crippen LogP contribution >= 0.6 is 23.2 Å². The van der Waals surface area contributed by atoms with Gasteiger partial charge >= 0.3 is 12.0 Å². The van der Waals surface area contributed by atoms with Crippen molar-refractivity contribution in [2.45, 2.75) is 6.42 Å². The van der Waals surface area contributed by atoms with Gasteiger partial charge in [-0.15, -0.1) is 0 Å². The molecule has 0 spiro atoms. The third-order valence-corrected chi connectivity index (χ3v) is 3.02. The summed E-state index contributed by atoms with van der Waals surface area (Å²) in [5, 5.41) is 19.8. The maximum Gasteiger partial charge on any atom is 0.335 e. The third kappa shape index (κ3) is 4.02. The summed E-state index contributed by atoms with van der Waals surface area (Å²) in [6, 6.07) is 3.82. The first-order valence-electron chi connectivity index (χ1n) is 5.48. The van der Waals surface area contributed by atoms with Crippen LogP contribution in [0, 0.1) is 11.3 Å². The molecule has 106 valence electrons. The standard InChI is InChI=1S/C12H11Cl2N3O3/c1-17(4-2-3-15)12(20)16-10-8(13)5-7(11(18)19)6-9(10)14/h5-6H,2,4H2,1H3,(H,16,20)(H,18,19). The second-order valence-electron chi connectivity index (χ2n) is 3.88. The lowest BCUT2D eigenvalue weighted by atomic mass is 10.2. The van der Waals surface area contributed by atoms with E-state index in [0.29, 0.717) is 0 Å². The Hall–Kier alpha value is -1.97. The zero-order valence-electron chi connectivity index (χ0n) is 10.5. The van der Waals surface area contributed by atoms with Crippen molar-refractivity contribution in [2.75, 3.05) is 18.9 Å². The van der Waals surface area contributed by atoms with Gasteiger partial charge in [-0.2, -0.15) is 5.26 Å². The van der Waals surface area contributed by atoms with Crippen LogP contribution in [0.4, 0.5) is 10.5 Å². The SMILES string of the molecule is CN(CCC#N)C(=O)Nc1c(Cl)cc(C(=O)O)cc1Cl. The van der Waals surface area contributed by atoms with Gasteiger partial charge < -0.3 is 15.3 Å². The Morgan fingerprint density at radius 2 is 1.95 bits per heavy atom. The summed E-state index contributed by atoms with van der Waals surface area (Å²) >= 11 is 11.8. The molecule has 0 radical (unpaired) electrons. The zero-order valence-corrected chi connectivity index (χ0v) is 12.0. The van der Waals surface area contributed by atoms with Gasteiger partial charge in [-0.05, 0) is 12.1 Å². The molecule has 6 nitrogen and oxygen atoms in total. The molecule has 1 aromatic carbocycles. The molecule has 0 aliphatic heterocycles. The number of amides is 2. The number of rotatable bonds is 4. The van der Waals surface area contributed by atoms with E-state index in [1.54, 1.807) is 0 Å². The van der Waals surface area contributed by atoms with Crippen molar-refractivity contribution in [3.63, 3.8) is 0 Å². The summed E-state index contributed by atoms with van der Waals surface area (Å²) in [6.45, 7) is 0.255. The van der Waals surface area contributed by atoms with Crippen LogP contribution in [0.15, 0.2) is 12.1 Å². The Balaban J connectivity index is 2.91. The molecular weight excluding hydrogens is 305 g/mol. The predicted octanol–water partition coefficient (Wildman–Crippen LogP) is 3.07. The van der Waals surface area contributed by atoms with Crippen LogP contribution in [-0.4, -0.2) is 35.6 Å². The lowest BCUT2D eigenvalue weighted by Gasteiger charge is -2.18. The molecule has 0 aliphatic rings. The molecular formula is C12H11Cl2N3O3. The van der Waals surface area contributed by atoms with Crippen molar-refractivity contribution in [3.05, 3.63) is 27.7 Å². The average molecular weight is 316 g/mol. The number of urea groups is 1. The normalized spacial score (nSPS) is 9.70. The number of carboxylic acid groups (broad SMARTS) is 1. The van der Waals surface area contributed by atoms with Crippen LogP contribution in [0.1, 0.15) is 16.8 Å². The summed E-state index contributed by atoms with van der Waals surface area (Å²) in [5.41, 5.74) is 0.0583. The first kappa shape index (κ1) is 16.1. The highest BCUT2D eigenvalue weighted by molar-refractivity contribution is 6.40. The summed E-state index contributed by atoms with van der Waals surface area (Å²) in [7, 11) is 1.51. The van der Waals surface area contributed by atoms with E-state index in [1.807, 2.05) is 6.07 Å². The highest BCUT2D eigenvalue weighted by Gasteiger charge is 2.16. The number of nitrogens with zero attached hydrogens (tertiary/aromatic N) is 2. The highest BCUT2D eigenvalue weighted by atomic mass is 35.5. The van der Waals surface area contributed by atoms with E-state index in [9.17, 15) is 9.59 Å². The van der Waals surface area contributed by atoms with E-state index in [1.165, 1.54) is 24.1 Å². The van der Waals surface area contributed by atoms with Gasteiger partial charge in [-0.1, -0.05) is 23.2 Å². The Bertz CT molecular complexity index is 561. The van der Waals surface area contributed by atoms with Crippen LogP contribution in [-0.2, 0) is 0 Å². The number of aromatic carboxylic acids is 1. The number of hydrogen-bond donors (Lipinski definition) is 2. The number of anilines is 1. The number of carbonyl (C=O) groups excluding carboxylic acids is 1. The maximum atomic E-state index is 11.8. The van der Waals surface area contributed by atoms with E-state index in [0.717, 1.165) is 0 Å². The molecule has 0 aliphatic carbocycles. The van der Waals surface area contributed by atoms with Crippen LogP contribution < -0.4 is 5.32 Å². The van der Waals surface area contributed by atoms with Gasteiger partial charge in [-0.3, -0.25) is 0 Å². The summed E-state index contributed by atoms with van der Waals surface area (Å²) in [5.74, 6) is -1.17. The van der Waals surface area contributed by atoms with Crippen molar-refractivity contribution in [1.29, 1.82) is 5.26 Å². The van der Waals surface area contributed by atoms with Gasteiger partial charge in [0.1, 0.15) is 0 Å². The number of carbonyl (C=O) groups is 2. The van der Waals surface area contributed by atoms with E-state index < -0.39 is 12.0 Å². The fourth-order valence-corrected chi connectivity index (χ4v) is 1.92. The van der Waals surface area contributed by atoms with Gasteiger partial charge in [-0.25, -0.2) is 9.59 Å². The van der Waals surface area contributed by atoms with Gasteiger partial charge in [0.25, 0.3) is 0 Å². The van der Waals surface area contributed by atoms with Crippen molar-refractivity contribution >= 4 is 40.9 Å². The number of hydrogen-bond acceptors (Lipinski definition) is 3. The number of nitrogens with one attached hydrogen (secondary N) is 1. The maximum absolute atomic E-state index is 11.8. The molecule has 0 atom stereocenters. The minimum absolute atomic E-state index is 0.0249. The number of benzene rings is 1. The fraction of sp³-hybridized carbons (Fsp3) is 0.250. The molecule has 2 N–H and O–H groups in total. The minimum atomic E-state index is -1.17. The topological polar surface area (TPSA) is 93.4 Å². The van der Waals surface area contributed by atoms with E-state index in [-0.39, 0.29) is 34.3 Å². The Morgan fingerprint density at radius 1 is 1.40 bits per heavy atom. The van der Waals surface area contributed by atoms with Gasteiger partial charge in [0.05, 0.1) is 33.8 Å². The van der Waals surface area contributed by atoms with Crippen LogP contribution in [0.2, 0.25) is 10.0 Å². The second kappa shape index (κ2) is 6.98. The van der Waals surface area contributed by atoms with Crippen molar-refractivity contribution in [2.24, 2.45) is 0 Å². The number of carboxylic acids is 1. The minimum Gasteiger partial charge on any atom is -0.478 e. The predicted molar refractivity (Wildman–Crippen MR) is 75.3 cm³/mol. The van der Waals surface area contributed by atoms with E-state index >= 15 is 0 Å². The highest BCUT2D eigenvalue weighted by Crippen LogP contribution is 2.32. The lowest BCUT2D eigenvalue weighted by molar-refractivity contribution is 0.0697. The smallest absolute Gasteiger partial charge is 0.335 e. The van der Waals surface area contributed by atoms with Gasteiger partial charge in [0.2, 0.25) is 0 Å². The first-order chi connectivity index (χ1) is 9.36. The molecule has 0 aromatic heterocycles. The summed E-state index contributed by atoms with van der Waals surface area (Å²) in [4.78, 5) is 23.9. The van der Waals surface area contributed by atoms with Crippen molar-refractivity contribution in [3.8, 4) is 6.07 Å². The summed E-state index contributed by atoms with van der Waals surface area (Å²) < 4.78 is 0. The van der Waals surface area contributed by atoms with Crippen LogP contribution in [0.25, 0.3) is 0 Å². The van der Waals surface area contributed by atoms with Crippen LogP contribution in [0.5, 0.6) is 0 Å². The first-order valence-corrected chi connectivity index (χ1v) is 6.23. The fourth-order valence-electron chi connectivity index (χ4n) is 1.34. The molecule has 8 heteroatoms. The summed E-state index contributed by atoms with van der Waals surface area (Å²) in [6.07, 6.45) is 0.198. The van der Waals surface area contributed by atoms with Crippen molar-refractivity contribution in [1.82, 2.24) is 4.90 Å². The molecule has 0 unspecified atom stereocenters. The molecule has 1 aromatic rings. The van der Waals surface area contributed by atoms with Crippen molar-refractivity contribution < 1.29 is 14.7 Å². The molecule has 1 rings (SSSR count). The Morgan fingerprint density at radius 3 is 2.40 bits per heavy atom. The largest absolute Gasteiger partial charge is 0.478 e. The van der Waals surface area contributed by atoms with E-state index in [2.05, 4.69) is 5.32 Å². The van der Waals surface area contributed by atoms with E-state index in [4.69, 9.17) is 33.6 Å². The third-order valence-electron chi connectivity index (χ3n) is 2.43. The second-order valence-corrected chi connectivity index (χ2v) is 4.69. The molecule has 0 saturated heterocycles. The van der Waals surface area contributed by atoms with Crippen LogP contribution in [0.3, 0.4) is 0 Å². The molecule has 0 saturated carbocycles. The van der Waals surface area contributed by atoms with Gasteiger partial charge in [0.15, 0.2) is 0 Å². The Labute approximate surface area is 125 Å². The molecule has 0 fully saturated rings. The molecule has 0 heterocycles. The van der Waals surface area contributed by atoms with Gasteiger partial charge in [0, 0.05) is 13.6 Å². The molecule has 20 heavy (non-hydrogen) atoms. The lowest BCUT2D eigenvalue weighted by Crippen LogP contribution is -2.32. The zero-order chi connectivity index (χ0) is 15.3. The molecule has 0 bridgehead atoms. The quantitative estimate of drug-likeness (QED) is 0.892. The Kier molecular flexibility index (Phi) is 5.62. The average Bonchev–Trinajstić information content (AvgIpc) is 2.39. The monoisotopic (exact) mass is 315 g/mol. The number of nitriles is 1. The number of halogens is 2.